The molecule has 5 rings (SSSR count). The van der Waals surface area contributed by atoms with Crippen molar-refractivity contribution < 1.29 is 9.59 Å². The fourth-order valence-electron chi connectivity index (χ4n) is 4.31. The molecular weight excluding hydrogens is 596 g/mol. The van der Waals surface area contributed by atoms with Gasteiger partial charge in [0.2, 0.25) is 16.2 Å². The molecule has 0 saturated heterocycles. The number of allylic oxidation sites excluding steroid dienone is 3. The second-order valence-electron chi connectivity index (χ2n) is 8.18. The van der Waals surface area contributed by atoms with Crippen LogP contribution in [-0.4, -0.2) is 37.8 Å². The van der Waals surface area contributed by atoms with Gasteiger partial charge in [-0.15, -0.1) is 20.4 Å². The van der Waals surface area contributed by atoms with Crippen molar-refractivity contribution in [2.24, 2.45) is 5.73 Å². The number of nitrogens with two attached hydrogens (primary N) is 1. The molecule has 0 radical (unpaired) electrons. The Kier molecular flexibility index (Phi) is 7.38. The Morgan fingerprint density at radius 2 is 2.14 bits per heavy atom. The summed E-state index contributed by atoms with van der Waals surface area (Å²) in [5.41, 5.74) is 9.02. The molecule has 1 aliphatic carbocycles. The van der Waals surface area contributed by atoms with Crippen LogP contribution in [0.5, 0.6) is 0 Å². The summed E-state index contributed by atoms with van der Waals surface area (Å²) in [5.74, 6) is -0.436. The number of nitrogens with one attached hydrogen (secondary N) is 1. The third-order valence-corrected chi connectivity index (χ3v) is 9.07. The smallest absolute Gasteiger partial charge is 0.236 e. The molecule has 0 spiro atoms. The van der Waals surface area contributed by atoms with E-state index in [9.17, 15) is 14.9 Å². The number of nitrogens with zero attached hydrogens (tertiary/aromatic N) is 6. The minimum absolute atomic E-state index is 0.000765. The van der Waals surface area contributed by atoms with Crippen LogP contribution in [0, 0.1) is 18.3 Å². The Labute approximate surface area is 232 Å². The number of ketones is 1. The molecule has 1 amide bonds. The summed E-state index contributed by atoms with van der Waals surface area (Å²) in [6.07, 6.45) is 1.72. The predicted molar refractivity (Wildman–Crippen MR) is 146 cm³/mol. The molecule has 1 aliphatic heterocycles. The predicted octanol–water partition coefficient (Wildman–Crippen LogP) is 4.50. The van der Waals surface area contributed by atoms with E-state index in [1.54, 1.807) is 4.90 Å². The van der Waals surface area contributed by atoms with Gasteiger partial charge >= 0.3 is 0 Å². The first-order valence-corrected chi connectivity index (χ1v) is 14.5. The van der Waals surface area contributed by atoms with Gasteiger partial charge in [0.1, 0.15) is 10.8 Å². The Morgan fingerprint density at radius 3 is 2.86 bits per heavy atom. The summed E-state index contributed by atoms with van der Waals surface area (Å²) in [6, 6.07) is 9.82. The summed E-state index contributed by atoms with van der Waals surface area (Å²) in [5, 5.41) is 30.8. The van der Waals surface area contributed by atoms with Crippen molar-refractivity contribution in [1.82, 2.24) is 20.4 Å². The van der Waals surface area contributed by atoms with Crippen LogP contribution in [0.3, 0.4) is 0 Å². The van der Waals surface area contributed by atoms with E-state index in [-0.39, 0.29) is 23.3 Å². The van der Waals surface area contributed by atoms with Crippen LogP contribution in [-0.2, 0) is 9.59 Å². The van der Waals surface area contributed by atoms with Gasteiger partial charge in [-0.1, -0.05) is 62.5 Å². The molecule has 3 aromatic rings. The number of halogens is 1. The largest absolute Gasteiger partial charge is 0.384 e. The number of hydrogen-bond acceptors (Lipinski definition) is 12. The maximum absolute atomic E-state index is 13.2. The van der Waals surface area contributed by atoms with Crippen molar-refractivity contribution in [3.63, 3.8) is 0 Å². The number of thioether (sulfide) groups is 1. The highest BCUT2D eigenvalue weighted by Crippen LogP contribution is 2.47. The summed E-state index contributed by atoms with van der Waals surface area (Å²) < 4.78 is 1.41. The number of anilines is 2. The molecule has 1 aromatic carbocycles. The molecule has 1 unspecified atom stereocenters. The highest BCUT2D eigenvalue weighted by atomic mass is 79.9. The van der Waals surface area contributed by atoms with Gasteiger partial charge in [0.15, 0.2) is 10.1 Å². The molecule has 37 heavy (non-hydrogen) atoms. The van der Waals surface area contributed by atoms with E-state index in [1.807, 2.05) is 31.2 Å². The second-order valence-corrected chi connectivity index (χ2v) is 12.5. The van der Waals surface area contributed by atoms with E-state index >= 15 is 0 Å². The van der Waals surface area contributed by atoms with Crippen molar-refractivity contribution in [3.05, 3.63) is 62.0 Å². The number of hydrogen-bond donors (Lipinski definition) is 2. The van der Waals surface area contributed by atoms with E-state index in [0.29, 0.717) is 45.0 Å². The van der Waals surface area contributed by atoms with Crippen LogP contribution in [0.15, 0.2) is 55.7 Å². The third kappa shape index (κ3) is 5.17. The maximum atomic E-state index is 13.2. The van der Waals surface area contributed by atoms with Crippen LogP contribution in [0.1, 0.15) is 35.8 Å². The van der Waals surface area contributed by atoms with Gasteiger partial charge in [-0.05, 0) is 37.5 Å². The first-order chi connectivity index (χ1) is 17.9. The molecular formula is C23H19BrN8O2S3. The molecule has 1 atom stereocenters. The van der Waals surface area contributed by atoms with Gasteiger partial charge in [0.25, 0.3) is 0 Å². The number of nitriles is 1. The van der Waals surface area contributed by atoms with Crippen LogP contribution in [0.2, 0.25) is 0 Å². The average Bonchev–Trinajstić information content (AvgIpc) is 3.50. The molecule has 3 heterocycles. The van der Waals surface area contributed by atoms with E-state index < -0.39 is 5.92 Å². The standard InChI is InChI=1S/C23H19BrN8O2S3/c1-11-28-29-21(36-11)27-17(34)10-35-23-31-30-22(37-23)32-15-6-3-7-16(33)19(15)18(14(9-25)20(32)26)12-4-2-5-13(24)8-12/h2,4-5,8,18H,3,6-7,10,26H2,1H3,(H,27,29,34). The minimum Gasteiger partial charge on any atom is -0.384 e. The molecule has 14 heteroatoms. The monoisotopic (exact) mass is 614 g/mol. The summed E-state index contributed by atoms with van der Waals surface area (Å²) >= 11 is 7.26. The zero-order valence-electron chi connectivity index (χ0n) is 19.4. The van der Waals surface area contributed by atoms with Crippen molar-refractivity contribution in [2.75, 3.05) is 16.0 Å². The lowest BCUT2D eigenvalue weighted by Gasteiger charge is -2.38. The SMILES string of the molecule is Cc1nnc(NC(=O)CSc2nnc(N3C(N)=C(C#N)C(c4cccc(Br)c4)C4=C3CCCC4=O)s2)s1. The summed E-state index contributed by atoms with van der Waals surface area (Å²) in [6.45, 7) is 1.81. The lowest BCUT2D eigenvalue weighted by Crippen LogP contribution is -2.38. The molecule has 188 valence electrons. The number of aromatic nitrogens is 4. The van der Waals surface area contributed by atoms with Gasteiger partial charge in [0.05, 0.1) is 23.3 Å². The average molecular weight is 616 g/mol. The fraction of sp³-hybridized carbons (Fsp3) is 0.261. The number of aryl methyl sites for hydroxylation is 1. The van der Waals surface area contributed by atoms with Gasteiger partial charge in [-0.25, -0.2) is 0 Å². The lowest BCUT2D eigenvalue weighted by atomic mass is 9.76. The lowest BCUT2D eigenvalue weighted by molar-refractivity contribution is -0.116. The van der Waals surface area contributed by atoms with E-state index in [2.05, 4.69) is 47.7 Å². The normalized spacial score (nSPS) is 17.6. The van der Waals surface area contributed by atoms with E-state index in [1.165, 1.54) is 34.4 Å². The van der Waals surface area contributed by atoms with Gasteiger partial charge in [-0.2, -0.15) is 5.26 Å². The van der Waals surface area contributed by atoms with Crippen LogP contribution >= 0.6 is 50.4 Å². The zero-order valence-corrected chi connectivity index (χ0v) is 23.4. The highest BCUT2D eigenvalue weighted by molar-refractivity contribution is 9.10. The molecule has 0 fully saturated rings. The van der Waals surface area contributed by atoms with E-state index in [0.717, 1.165) is 20.7 Å². The van der Waals surface area contributed by atoms with E-state index in [4.69, 9.17) is 5.73 Å². The summed E-state index contributed by atoms with van der Waals surface area (Å²) in [7, 11) is 0. The quantitative estimate of drug-likeness (QED) is 0.380. The zero-order chi connectivity index (χ0) is 26.1. The van der Waals surface area contributed by atoms with Crippen molar-refractivity contribution >= 4 is 72.3 Å². The number of benzene rings is 1. The van der Waals surface area contributed by atoms with Gasteiger partial charge < -0.3 is 5.73 Å². The Morgan fingerprint density at radius 1 is 1.30 bits per heavy atom. The first-order valence-electron chi connectivity index (χ1n) is 11.1. The minimum atomic E-state index is -0.545. The number of carbonyl (C=O) groups excluding carboxylic acids is 2. The van der Waals surface area contributed by atoms with Crippen molar-refractivity contribution in [3.8, 4) is 6.07 Å². The first kappa shape index (κ1) is 25.5. The molecule has 0 bridgehead atoms. The van der Waals surface area contributed by atoms with Crippen molar-refractivity contribution in [1.29, 1.82) is 5.26 Å². The number of rotatable bonds is 6. The molecule has 3 N–H and O–H groups in total. The molecule has 2 aromatic heterocycles. The highest BCUT2D eigenvalue weighted by Gasteiger charge is 2.41. The number of Topliss-reactive ketones (excluding diaryl/α,β-unsaturated/α-hetero) is 1. The second kappa shape index (κ2) is 10.7. The van der Waals surface area contributed by atoms with Gasteiger partial charge in [0, 0.05) is 22.2 Å². The maximum Gasteiger partial charge on any atom is 0.236 e. The fourth-order valence-corrected chi connectivity index (χ4v) is 7.01. The third-order valence-electron chi connectivity index (χ3n) is 5.78. The number of carbonyl (C=O) groups is 2. The van der Waals surface area contributed by atoms with Crippen LogP contribution in [0.25, 0.3) is 0 Å². The molecule has 2 aliphatic rings. The van der Waals surface area contributed by atoms with Gasteiger partial charge in [-0.3, -0.25) is 19.8 Å². The Bertz CT molecular complexity index is 1510. The van der Waals surface area contributed by atoms with Crippen LogP contribution in [0.4, 0.5) is 10.3 Å². The Balaban J connectivity index is 1.44. The summed E-state index contributed by atoms with van der Waals surface area (Å²) in [4.78, 5) is 27.2. The topological polar surface area (TPSA) is 151 Å². The number of amides is 1. The Hall–Kier alpha value is -3.12. The molecule has 0 saturated carbocycles. The molecule has 10 nitrogen and oxygen atoms in total. The van der Waals surface area contributed by atoms with Crippen LogP contribution < -0.4 is 16.0 Å². The van der Waals surface area contributed by atoms with Crippen molar-refractivity contribution in [2.45, 2.75) is 36.4 Å².